The van der Waals surface area contributed by atoms with Gasteiger partial charge in [0.05, 0.1) is 23.5 Å². The Balaban J connectivity index is 2.24. The van der Waals surface area contributed by atoms with E-state index in [-0.39, 0.29) is 6.04 Å². The lowest BCUT2D eigenvalue weighted by molar-refractivity contribution is 0.836. The molecule has 0 saturated carbocycles. The quantitative estimate of drug-likeness (QED) is 0.631. The molecule has 18 heavy (non-hydrogen) atoms. The molecule has 1 aliphatic heterocycles. The second-order valence-corrected chi connectivity index (χ2v) is 5.27. The zero-order valence-electron chi connectivity index (χ0n) is 10.2. The maximum atomic E-state index is 5.89. The maximum Gasteiger partial charge on any atom is 0.149 e. The Hall–Kier alpha value is -1.07. The van der Waals surface area contributed by atoms with Crippen molar-refractivity contribution >= 4 is 34.2 Å². The molecule has 1 aliphatic rings. The zero-order valence-corrected chi connectivity index (χ0v) is 11.8. The van der Waals surface area contributed by atoms with E-state index in [1.54, 1.807) is 24.2 Å². The fourth-order valence-corrected chi connectivity index (χ4v) is 2.96. The van der Waals surface area contributed by atoms with Gasteiger partial charge in [-0.15, -0.1) is 0 Å². The molecule has 96 valence electrons. The van der Waals surface area contributed by atoms with Gasteiger partial charge in [-0.25, -0.2) is 4.98 Å². The number of halogens is 1. The molecule has 0 spiro atoms. The highest BCUT2D eigenvalue weighted by atomic mass is 35.5. The lowest BCUT2D eigenvalue weighted by Gasteiger charge is -2.25. The Kier molecular flexibility index (Phi) is 4.60. The van der Waals surface area contributed by atoms with E-state index < -0.39 is 0 Å². The van der Waals surface area contributed by atoms with Crippen LogP contribution in [-0.4, -0.2) is 34.6 Å². The molecule has 0 radical (unpaired) electrons. The number of thioether (sulfide) groups is 1. The summed E-state index contributed by atoms with van der Waals surface area (Å²) in [4.78, 5) is 15.0. The molecule has 0 aliphatic carbocycles. The van der Waals surface area contributed by atoms with Gasteiger partial charge >= 0.3 is 0 Å². The molecule has 0 amide bonds. The predicted molar refractivity (Wildman–Crippen MR) is 78.6 cm³/mol. The molecule has 1 fully saturated rings. The van der Waals surface area contributed by atoms with Crippen molar-refractivity contribution in [2.75, 3.05) is 18.5 Å². The van der Waals surface area contributed by atoms with E-state index in [0.717, 1.165) is 30.2 Å². The van der Waals surface area contributed by atoms with Crippen molar-refractivity contribution in [3.8, 4) is 0 Å². The van der Waals surface area contributed by atoms with Crippen LogP contribution in [0.1, 0.15) is 12.8 Å². The Labute approximate surface area is 116 Å². The SMILES string of the molecule is C=CSC(=NC)C1CCCN1c1cncc(Cl)n1. The van der Waals surface area contributed by atoms with Crippen LogP contribution in [0.15, 0.2) is 29.4 Å². The smallest absolute Gasteiger partial charge is 0.149 e. The molecular formula is C12H15ClN4S. The topological polar surface area (TPSA) is 41.4 Å². The first-order valence-corrected chi connectivity index (χ1v) is 7.00. The summed E-state index contributed by atoms with van der Waals surface area (Å²) in [6.45, 7) is 4.70. The summed E-state index contributed by atoms with van der Waals surface area (Å²) in [5.41, 5.74) is 0. The minimum absolute atomic E-state index is 0.255. The maximum absolute atomic E-state index is 5.89. The van der Waals surface area contributed by atoms with Crippen LogP contribution in [0.4, 0.5) is 5.82 Å². The largest absolute Gasteiger partial charge is 0.346 e. The van der Waals surface area contributed by atoms with Crippen LogP contribution in [0, 0.1) is 0 Å². The van der Waals surface area contributed by atoms with Crippen LogP contribution in [0.5, 0.6) is 0 Å². The molecule has 1 saturated heterocycles. The predicted octanol–water partition coefficient (Wildman–Crippen LogP) is 3.00. The van der Waals surface area contributed by atoms with Crippen LogP contribution < -0.4 is 4.90 Å². The average Bonchev–Trinajstić information content (AvgIpc) is 2.85. The Morgan fingerprint density at radius 3 is 3.17 bits per heavy atom. The van der Waals surface area contributed by atoms with Crippen LogP contribution >= 0.6 is 23.4 Å². The Bertz CT molecular complexity index is 463. The summed E-state index contributed by atoms with van der Waals surface area (Å²) in [6, 6.07) is 0.255. The lowest BCUT2D eigenvalue weighted by atomic mass is 10.2. The Morgan fingerprint density at radius 2 is 2.50 bits per heavy atom. The van der Waals surface area contributed by atoms with E-state index in [4.69, 9.17) is 11.6 Å². The first kappa shape index (κ1) is 13.4. The monoisotopic (exact) mass is 282 g/mol. The number of anilines is 1. The van der Waals surface area contributed by atoms with Crippen LogP contribution in [0.25, 0.3) is 0 Å². The molecule has 1 atom stereocenters. The summed E-state index contributed by atoms with van der Waals surface area (Å²) in [5, 5.41) is 3.29. The van der Waals surface area contributed by atoms with Gasteiger partial charge in [0, 0.05) is 13.6 Å². The zero-order chi connectivity index (χ0) is 13.0. The van der Waals surface area contributed by atoms with Crippen molar-refractivity contribution in [2.45, 2.75) is 18.9 Å². The molecule has 1 aromatic heterocycles. The minimum Gasteiger partial charge on any atom is -0.346 e. The summed E-state index contributed by atoms with van der Waals surface area (Å²) >= 11 is 7.46. The Morgan fingerprint density at radius 1 is 1.67 bits per heavy atom. The molecule has 1 aromatic rings. The van der Waals surface area contributed by atoms with Crippen LogP contribution in [-0.2, 0) is 0 Å². The van der Waals surface area contributed by atoms with E-state index in [2.05, 4.69) is 26.4 Å². The third-order valence-corrected chi connectivity index (χ3v) is 3.89. The van der Waals surface area contributed by atoms with Crippen LogP contribution in [0.3, 0.4) is 0 Å². The van der Waals surface area contributed by atoms with Gasteiger partial charge in [-0.3, -0.25) is 9.98 Å². The number of aromatic nitrogens is 2. The first-order valence-electron chi connectivity index (χ1n) is 5.74. The second kappa shape index (κ2) is 6.20. The number of hydrogen-bond donors (Lipinski definition) is 0. The summed E-state index contributed by atoms with van der Waals surface area (Å²) in [5.74, 6) is 0.816. The van der Waals surface area contributed by atoms with Crippen molar-refractivity contribution in [3.63, 3.8) is 0 Å². The summed E-state index contributed by atoms with van der Waals surface area (Å²) < 4.78 is 0. The molecule has 0 bridgehead atoms. The highest BCUT2D eigenvalue weighted by Gasteiger charge is 2.29. The lowest BCUT2D eigenvalue weighted by Crippen LogP contribution is -2.35. The number of aliphatic imine (C=N–C) groups is 1. The van der Waals surface area contributed by atoms with Gasteiger partial charge in [-0.2, -0.15) is 0 Å². The van der Waals surface area contributed by atoms with Gasteiger partial charge in [-0.1, -0.05) is 29.9 Å². The minimum atomic E-state index is 0.255. The normalized spacial score (nSPS) is 20.2. The molecule has 0 aromatic carbocycles. The van der Waals surface area contributed by atoms with E-state index in [1.807, 2.05) is 12.5 Å². The number of rotatable bonds is 3. The molecule has 1 unspecified atom stereocenters. The summed E-state index contributed by atoms with van der Waals surface area (Å²) in [6.07, 6.45) is 5.48. The van der Waals surface area contributed by atoms with Crippen molar-refractivity contribution in [1.82, 2.24) is 9.97 Å². The first-order chi connectivity index (χ1) is 8.76. The van der Waals surface area contributed by atoms with Crippen molar-refractivity contribution in [1.29, 1.82) is 0 Å². The van der Waals surface area contributed by atoms with Gasteiger partial charge in [-0.05, 0) is 18.2 Å². The van der Waals surface area contributed by atoms with Gasteiger partial charge in [0.2, 0.25) is 0 Å². The van der Waals surface area contributed by atoms with Crippen LogP contribution in [0.2, 0.25) is 5.15 Å². The van der Waals surface area contributed by atoms with Gasteiger partial charge in [0.25, 0.3) is 0 Å². The highest BCUT2D eigenvalue weighted by molar-refractivity contribution is 8.16. The van der Waals surface area contributed by atoms with Gasteiger partial charge in [0.15, 0.2) is 0 Å². The number of hydrogen-bond acceptors (Lipinski definition) is 5. The molecule has 2 rings (SSSR count). The van der Waals surface area contributed by atoms with E-state index in [9.17, 15) is 0 Å². The second-order valence-electron chi connectivity index (χ2n) is 3.90. The van der Waals surface area contributed by atoms with E-state index in [1.165, 1.54) is 0 Å². The van der Waals surface area contributed by atoms with Crippen molar-refractivity contribution in [2.24, 2.45) is 4.99 Å². The summed E-state index contributed by atoms with van der Waals surface area (Å²) in [7, 11) is 1.81. The fourth-order valence-electron chi connectivity index (χ4n) is 2.13. The van der Waals surface area contributed by atoms with Crippen molar-refractivity contribution in [3.05, 3.63) is 29.5 Å². The standard InChI is InChI=1S/C12H15ClN4S/c1-3-18-12(14-2)9-5-4-6-17(9)11-8-15-7-10(13)16-11/h3,7-9H,1,4-6H2,2H3. The van der Waals surface area contributed by atoms with E-state index in [0.29, 0.717) is 5.15 Å². The molecule has 4 nitrogen and oxygen atoms in total. The molecular weight excluding hydrogens is 268 g/mol. The number of nitrogens with zero attached hydrogens (tertiary/aromatic N) is 4. The third kappa shape index (κ3) is 2.84. The highest BCUT2D eigenvalue weighted by Crippen LogP contribution is 2.28. The fraction of sp³-hybridized carbons (Fsp3) is 0.417. The van der Waals surface area contributed by atoms with E-state index >= 15 is 0 Å². The third-order valence-electron chi connectivity index (χ3n) is 2.85. The molecule has 0 N–H and O–H groups in total. The molecule has 2 heterocycles. The van der Waals surface area contributed by atoms with Gasteiger partial charge in [0.1, 0.15) is 11.0 Å². The molecule has 6 heteroatoms. The van der Waals surface area contributed by atoms with Crippen molar-refractivity contribution < 1.29 is 0 Å². The average molecular weight is 283 g/mol. The van der Waals surface area contributed by atoms with Gasteiger partial charge < -0.3 is 4.90 Å².